The predicted octanol–water partition coefficient (Wildman–Crippen LogP) is 2.98. The van der Waals surface area contributed by atoms with E-state index in [-0.39, 0.29) is 11.8 Å². The third-order valence-electron chi connectivity index (χ3n) is 2.13. The molecule has 2 rings (SSSR count). The molecule has 0 saturated heterocycles. The van der Waals surface area contributed by atoms with Crippen molar-refractivity contribution < 1.29 is 17.9 Å². The van der Waals surface area contributed by atoms with Crippen LogP contribution in [0.5, 0.6) is 11.8 Å². The van der Waals surface area contributed by atoms with Crippen molar-refractivity contribution in [2.45, 2.75) is 13.1 Å². The van der Waals surface area contributed by atoms with Crippen molar-refractivity contribution in [2.24, 2.45) is 7.05 Å². The molecule has 0 aliphatic rings. The Bertz CT molecular complexity index is 611. The Morgan fingerprint density at radius 2 is 1.95 bits per heavy atom. The SMILES string of the molecule is Cc1cc(Oc2cc(C(F)(F)F)nc(Cl)n2)n(C)n1. The van der Waals surface area contributed by atoms with Gasteiger partial charge in [0.1, 0.15) is 0 Å². The van der Waals surface area contributed by atoms with E-state index >= 15 is 0 Å². The van der Waals surface area contributed by atoms with Gasteiger partial charge < -0.3 is 4.74 Å². The number of hydrogen-bond acceptors (Lipinski definition) is 4. The zero-order valence-electron chi connectivity index (χ0n) is 9.86. The van der Waals surface area contributed by atoms with E-state index in [1.165, 1.54) is 4.68 Å². The lowest BCUT2D eigenvalue weighted by Gasteiger charge is -2.08. The van der Waals surface area contributed by atoms with Gasteiger partial charge in [0.25, 0.3) is 0 Å². The number of ether oxygens (including phenoxy) is 1. The zero-order chi connectivity index (χ0) is 14.2. The average Bonchev–Trinajstić information content (AvgIpc) is 2.55. The number of rotatable bonds is 2. The van der Waals surface area contributed by atoms with Crippen LogP contribution in [-0.4, -0.2) is 19.7 Å². The third-order valence-corrected chi connectivity index (χ3v) is 2.30. The zero-order valence-corrected chi connectivity index (χ0v) is 10.6. The monoisotopic (exact) mass is 292 g/mol. The van der Waals surface area contributed by atoms with Crippen LogP contribution >= 0.6 is 11.6 Å². The fraction of sp³-hybridized carbons (Fsp3) is 0.300. The highest BCUT2D eigenvalue weighted by atomic mass is 35.5. The summed E-state index contributed by atoms with van der Waals surface area (Å²) in [6.45, 7) is 1.72. The largest absolute Gasteiger partial charge is 0.433 e. The topological polar surface area (TPSA) is 52.8 Å². The summed E-state index contributed by atoms with van der Waals surface area (Å²) in [7, 11) is 1.59. The van der Waals surface area contributed by atoms with Gasteiger partial charge in [0.2, 0.25) is 17.0 Å². The van der Waals surface area contributed by atoms with Crippen LogP contribution in [0.4, 0.5) is 13.2 Å². The first kappa shape index (κ1) is 13.6. The van der Waals surface area contributed by atoms with Gasteiger partial charge in [-0.25, -0.2) is 9.67 Å². The molecule has 0 N–H and O–H groups in total. The lowest BCUT2D eigenvalue weighted by Crippen LogP contribution is -2.09. The van der Waals surface area contributed by atoms with Crippen LogP contribution in [0, 0.1) is 6.92 Å². The Kier molecular flexibility index (Phi) is 3.36. The number of aromatic nitrogens is 4. The number of hydrogen-bond donors (Lipinski definition) is 0. The second-order valence-electron chi connectivity index (χ2n) is 3.71. The molecule has 0 radical (unpaired) electrons. The molecule has 0 bridgehead atoms. The minimum Gasteiger partial charge on any atom is -0.421 e. The lowest BCUT2D eigenvalue weighted by atomic mass is 10.4. The molecule has 0 aromatic carbocycles. The number of halogens is 4. The Hall–Kier alpha value is -1.83. The third kappa shape index (κ3) is 3.14. The van der Waals surface area contributed by atoms with Crippen molar-refractivity contribution >= 4 is 11.6 Å². The van der Waals surface area contributed by atoms with Crippen LogP contribution in [-0.2, 0) is 13.2 Å². The molecule has 0 amide bonds. The molecule has 0 atom stereocenters. The Morgan fingerprint density at radius 3 is 2.47 bits per heavy atom. The summed E-state index contributed by atoms with van der Waals surface area (Å²) >= 11 is 5.44. The molecular formula is C10H8ClF3N4O. The fourth-order valence-electron chi connectivity index (χ4n) is 1.38. The maximum atomic E-state index is 12.5. The summed E-state index contributed by atoms with van der Waals surface area (Å²) in [6, 6.07) is 2.23. The second kappa shape index (κ2) is 4.69. The highest BCUT2D eigenvalue weighted by Gasteiger charge is 2.34. The summed E-state index contributed by atoms with van der Waals surface area (Å²) in [5, 5.41) is 3.46. The molecule has 0 spiro atoms. The molecule has 0 fully saturated rings. The first-order valence-corrected chi connectivity index (χ1v) is 5.44. The van der Waals surface area contributed by atoms with Gasteiger partial charge in [0, 0.05) is 19.2 Å². The first-order chi connectivity index (χ1) is 8.75. The molecule has 2 heterocycles. The summed E-state index contributed by atoms with van der Waals surface area (Å²) < 4.78 is 44.2. The fourth-order valence-corrected chi connectivity index (χ4v) is 1.56. The minimum absolute atomic E-state index is 0.250. The van der Waals surface area contributed by atoms with Gasteiger partial charge in [0.15, 0.2) is 5.69 Å². The van der Waals surface area contributed by atoms with Gasteiger partial charge in [-0.1, -0.05) is 0 Å². The van der Waals surface area contributed by atoms with Crippen LogP contribution in [0.25, 0.3) is 0 Å². The van der Waals surface area contributed by atoms with E-state index in [9.17, 15) is 13.2 Å². The molecule has 0 saturated carbocycles. The van der Waals surface area contributed by atoms with Gasteiger partial charge in [-0.3, -0.25) is 0 Å². The highest BCUT2D eigenvalue weighted by molar-refractivity contribution is 6.28. The lowest BCUT2D eigenvalue weighted by molar-refractivity contribution is -0.141. The Morgan fingerprint density at radius 1 is 1.26 bits per heavy atom. The molecular weight excluding hydrogens is 285 g/mol. The van der Waals surface area contributed by atoms with E-state index in [0.717, 1.165) is 0 Å². The Balaban J connectivity index is 2.35. The summed E-state index contributed by atoms with van der Waals surface area (Å²) in [5.74, 6) is -0.0456. The molecule has 0 aliphatic carbocycles. The van der Waals surface area contributed by atoms with E-state index in [2.05, 4.69) is 15.1 Å². The van der Waals surface area contributed by atoms with Crippen LogP contribution in [0.15, 0.2) is 12.1 Å². The number of nitrogens with zero attached hydrogens (tertiary/aromatic N) is 4. The van der Waals surface area contributed by atoms with Gasteiger partial charge in [-0.15, -0.1) is 0 Å². The maximum Gasteiger partial charge on any atom is 0.433 e. The van der Waals surface area contributed by atoms with E-state index in [1.807, 2.05) is 0 Å². The van der Waals surface area contributed by atoms with Crippen molar-refractivity contribution in [3.8, 4) is 11.8 Å². The molecule has 2 aromatic heterocycles. The first-order valence-electron chi connectivity index (χ1n) is 5.06. The standard InChI is InChI=1S/C10H8ClF3N4O/c1-5-3-8(18(2)17-5)19-7-4-6(10(12,13)14)15-9(11)16-7/h3-4H,1-2H3. The van der Waals surface area contributed by atoms with Crippen molar-refractivity contribution in [3.05, 3.63) is 28.8 Å². The van der Waals surface area contributed by atoms with Crippen molar-refractivity contribution in [2.75, 3.05) is 0 Å². The van der Waals surface area contributed by atoms with Gasteiger partial charge in [-0.05, 0) is 18.5 Å². The van der Waals surface area contributed by atoms with Gasteiger partial charge in [-0.2, -0.15) is 23.3 Å². The molecule has 102 valence electrons. The smallest absolute Gasteiger partial charge is 0.421 e. The van der Waals surface area contributed by atoms with Crippen LogP contribution in [0.2, 0.25) is 5.28 Å². The average molecular weight is 293 g/mol. The highest BCUT2D eigenvalue weighted by Crippen LogP contribution is 2.31. The molecule has 2 aromatic rings. The summed E-state index contributed by atoms with van der Waals surface area (Å²) in [5.41, 5.74) is -0.505. The van der Waals surface area contributed by atoms with Crippen molar-refractivity contribution in [1.82, 2.24) is 19.7 Å². The minimum atomic E-state index is -4.62. The number of aryl methyl sites for hydroxylation is 2. The van der Waals surface area contributed by atoms with Crippen LogP contribution in [0.1, 0.15) is 11.4 Å². The van der Waals surface area contributed by atoms with Gasteiger partial charge in [0.05, 0.1) is 5.69 Å². The van der Waals surface area contributed by atoms with Crippen LogP contribution in [0.3, 0.4) is 0 Å². The van der Waals surface area contributed by atoms with E-state index in [4.69, 9.17) is 16.3 Å². The Labute approximate surface area is 111 Å². The van der Waals surface area contributed by atoms with Crippen molar-refractivity contribution in [1.29, 1.82) is 0 Å². The summed E-state index contributed by atoms with van der Waals surface area (Å²) in [4.78, 5) is 6.69. The van der Waals surface area contributed by atoms with E-state index < -0.39 is 17.2 Å². The molecule has 9 heteroatoms. The predicted molar refractivity (Wildman–Crippen MR) is 60.1 cm³/mol. The van der Waals surface area contributed by atoms with Gasteiger partial charge >= 0.3 is 6.18 Å². The maximum absolute atomic E-state index is 12.5. The normalized spacial score (nSPS) is 11.7. The van der Waals surface area contributed by atoms with Crippen LogP contribution < -0.4 is 4.74 Å². The van der Waals surface area contributed by atoms with Crippen molar-refractivity contribution in [3.63, 3.8) is 0 Å². The summed E-state index contributed by atoms with van der Waals surface area (Å²) in [6.07, 6.45) is -4.62. The molecule has 0 unspecified atom stereocenters. The molecule has 0 aliphatic heterocycles. The second-order valence-corrected chi connectivity index (χ2v) is 4.05. The van der Waals surface area contributed by atoms with E-state index in [1.54, 1.807) is 20.0 Å². The number of alkyl halides is 3. The quantitative estimate of drug-likeness (QED) is 0.799. The van der Waals surface area contributed by atoms with E-state index in [0.29, 0.717) is 11.8 Å². The molecule has 5 nitrogen and oxygen atoms in total. The molecule has 19 heavy (non-hydrogen) atoms.